The second-order valence-corrected chi connectivity index (χ2v) is 8.07. The quantitative estimate of drug-likeness (QED) is 0.685. The summed E-state index contributed by atoms with van der Waals surface area (Å²) in [6, 6.07) is 11.8. The molecule has 1 saturated heterocycles. The van der Waals surface area contributed by atoms with E-state index in [-0.39, 0.29) is 25.5 Å². The Balaban J connectivity index is 1.61. The van der Waals surface area contributed by atoms with Crippen LogP contribution < -0.4 is 10.2 Å². The van der Waals surface area contributed by atoms with E-state index in [1.165, 1.54) is 0 Å². The molecule has 1 aliphatic rings. The van der Waals surface area contributed by atoms with Gasteiger partial charge in [-0.15, -0.1) is 0 Å². The molecule has 1 atom stereocenters. The molecular weight excluding hydrogens is 392 g/mol. The lowest BCUT2D eigenvalue weighted by Crippen LogP contribution is -2.29. The van der Waals surface area contributed by atoms with Gasteiger partial charge in [0.05, 0.1) is 5.92 Å². The van der Waals surface area contributed by atoms with E-state index >= 15 is 0 Å². The van der Waals surface area contributed by atoms with Crippen molar-refractivity contribution in [3.05, 3.63) is 58.7 Å². The van der Waals surface area contributed by atoms with Crippen LogP contribution in [0.25, 0.3) is 0 Å². The lowest BCUT2D eigenvalue weighted by Gasteiger charge is -2.23. The normalized spacial score (nSPS) is 15.8. The topological polar surface area (TPSA) is 75.7 Å². The van der Waals surface area contributed by atoms with E-state index in [0.29, 0.717) is 5.69 Å². The molecule has 1 N–H and O–H groups in total. The average molecular weight is 423 g/mol. The van der Waals surface area contributed by atoms with E-state index in [4.69, 9.17) is 4.74 Å². The standard InChI is InChI=1S/C25H30N2O4/c1-5-18-8-7-9-19(6-2)24(18)27-14-20(13-23(27)29)25(30)31-15-22(28)26-21-11-16(3)10-17(4)12-21/h7-12,20H,5-6,13-15H2,1-4H3,(H,26,28)/t20-/m1/s1. The van der Waals surface area contributed by atoms with Crippen LogP contribution in [0.2, 0.25) is 0 Å². The Bertz CT molecular complexity index is 957. The molecule has 0 radical (unpaired) electrons. The number of ether oxygens (including phenoxy) is 1. The molecule has 0 aliphatic carbocycles. The summed E-state index contributed by atoms with van der Waals surface area (Å²) in [6.07, 6.45) is 1.71. The third-order valence-electron chi connectivity index (χ3n) is 5.54. The van der Waals surface area contributed by atoms with Crippen LogP contribution >= 0.6 is 0 Å². The zero-order valence-corrected chi connectivity index (χ0v) is 18.7. The van der Waals surface area contributed by atoms with Gasteiger partial charge >= 0.3 is 5.97 Å². The van der Waals surface area contributed by atoms with Gasteiger partial charge in [0, 0.05) is 24.3 Å². The van der Waals surface area contributed by atoms with Gasteiger partial charge in [0.15, 0.2) is 6.61 Å². The first kappa shape index (κ1) is 22.5. The fraction of sp³-hybridized carbons (Fsp3) is 0.400. The Labute approximate surface area is 183 Å². The lowest BCUT2D eigenvalue weighted by molar-refractivity contribution is -0.151. The summed E-state index contributed by atoms with van der Waals surface area (Å²) in [5.41, 5.74) is 5.85. The highest BCUT2D eigenvalue weighted by molar-refractivity contribution is 6.01. The third-order valence-corrected chi connectivity index (χ3v) is 5.54. The Kier molecular flexibility index (Phi) is 7.10. The van der Waals surface area contributed by atoms with Gasteiger partial charge in [0.25, 0.3) is 5.91 Å². The highest BCUT2D eigenvalue weighted by atomic mass is 16.5. The first-order chi connectivity index (χ1) is 14.8. The molecule has 0 spiro atoms. The zero-order valence-electron chi connectivity index (χ0n) is 18.7. The van der Waals surface area contributed by atoms with Gasteiger partial charge in [0.1, 0.15) is 0 Å². The smallest absolute Gasteiger partial charge is 0.311 e. The predicted octanol–water partition coefficient (Wildman–Crippen LogP) is 3.96. The van der Waals surface area contributed by atoms with E-state index in [9.17, 15) is 14.4 Å². The van der Waals surface area contributed by atoms with Crippen LogP contribution in [0.4, 0.5) is 11.4 Å². The van der Waals surface area contributed by atoms with Crippen LogP contribution in [0.5, 0.6) is 0 Å². The van der Waals surface area contributed by atoms with Gasteiger partial charge in [-0.1, -0.05) is 38.1 Å². The Morgan fingerprint density at radius 3 is 2.26 bits per heavy atom. The molecule has 2 amide bonds. The average Bonchev–Trinajstić information content (AvgIpc) is 3.11. The molecule has 0 aromatic heterocycles. The number of aryl methyl sites for hydroxylation is 4. The number of nitrogens with zero attached hydrogens (tertiary/aromatic N) is 1. The van der Waals surface area contributed by atoms with E-state index in [0.717, 1.165) is 40.8 Å². The van der Waals surface area contributed by atoms with Crippen LogP contribution in [0, 0.1) is 19.8 Å². The fourth-order valence-corrected chi connectivity index (χ4v) is 4.14. The fourth-order valence-electron chi connectivity index (χ4n) is 4.14. The number of rotatable bonds is 7. The van der Waals surface area contributed by atoms with Crippen molar-refractivity contribution < 1.29 is 19.1 Å². The molecule has 0 unspecified atom stereocenters. The molecule has 0 saturated carbocycles. The maximum absolute atomic E-state index is 12.7. The zero-order chi connectivity index (χ0) is 22.5. The summed E-state index contributed by atoms with van der Waals surface area (Å²) >= 11 is 0. The maximum atomic E-state index is 12.7. The Morgan fingerprint density at radius 1 is 1.06 bits per heavy atom. The second kappa shape index (κ2) is 9.77. The van der Waals surface area contributed by atoms with Crippen LogP contribution in [0.15, 0.2) is 36.4 Å². The Morgan fingerprint density at radius 2 is 1.68 bits per heavy atom. The second-order valence-electron chi connectivity index (χ2n) is 8.07. The third kappa shape index (κ3) is 5.32. The van der Waals surface area contributed by atoms with E-state index < -0.39 is 17.8 Å². The number of anilines is 2. The monoisotopic (exact) mass is 422 g/mol. The van der Waals surface area contributed by atoms with Crippen molar-refractivity contribution in [3.8, 4) is 0 Å². The van der Waals surface area contributed by atoms with E-state index in [1.54, 1.807) is 4.90 Å². The van der Waals surface area contributed by atoms with Crippen molar-refractivity contribution in [2.75, 3.05) is 23.4 Å². The molecule has 3 rings (SSSR count). The predicted molar refractivity (Wildman–Crippen MR) is 121 cm³/mol. The molecule has 6 nitrogen and oxygen atoms in total. The molecule has 31 heavy (non-hydrogen) atoms. The number of carbonyl (C=O) groups is 3. The summed E-state index contributed by atoms with van der Waals surface area (Å²) in [5.74, 6) is -1.57. The maximum Gasteiger partial charge on any atom is 0.311 e. The molecule has 1 heterocycles. The number of nitrogens with one attached hydrogen (secondary N) is 1. The SMILES string of the molecule is CCc1cccc(CC)c1N1C[C@H](C(=O)OCC(=O)Nc2cc(C)cc(C)c2)CC1=O. The number of para-hydroxylation sites is 1. The van der Waals surface area contributed by atoms with Crippen molar-refractivity contribution >= 4 is 29.2 Å². The summed E-state index contributed by atoms with van der Waals surface area (Å²) in [4.78, 5) is 39.2. The first-order valence-electron chi connectivity index (χ1n) is 10.8. The molecule has 2 aromatic rings. The van der Waals surface area contributed by atoms with Gasteiger partial charge in [-0.25, -0.2) is 0 Å². The minimum atomic E-state index is -0.573. The minimum Gasteiger partial charge on any atom is -0.455 e. The van der Waals surface area contributed by atoms with Gasteiger partial charge in [-0.3, -0.25) is 14.4 Å². The van der Waals surface area contributed by atoms with E-state index in [1.807, 2.05) is 50.2 Å². The van der Waals surface area contributed by atoms with Gasteiger partial charge in [0.2, 0.25) is 5.91 Å². The number of esters is 1. The molecule has 6 heteroatoms. The van der Waals surface area contributed by atoms with Crippen LogP contribution in [0.1, 0.15) is 42.5 Å². The Hall–Kier alpha value is -3.15. The summed E-state index contributed by atoms with van der Waals surface area (Å²) in [6.45, 7) is 7.92. The summed E-state index contributed by atoms with van der Waals surface area (Å²) in [7, 11) is 0. The number of amides is 2. The van der Waals surface area contributed by atoms with Crippen molar-refractivity contribution in [3.63, 3.8) is 0 Å². The number of carbonyl (C=O) groups excluding carboxylic acids is 3. The number of hydrogen-bond acceptors (Lipinski definition) is 4. The molecular formula is C25H30N2O4. The highest BCUT2D eigenvalue weighted by Crippen LogP contribution is 2.32. The van der Waals surface area contributed by atoms with Gasteiger partial charge < -0.3 is 15.0 Å². The van der Waals surface area contributed by atoms with Crippen LogP contribution in [-0.2, 0) is 32.0 Å². The van der Waals surface area contributed by atoms with Gasteiger partial charge in [-0.05, 0) is 61.1 Å². The van der Waals surface area contributed by atoms with Crippen molar-refractivity contribution in [2.45, 2.75) is 47.0 Å². The largest absolute Gasteiger partial charge is 0.455 e. The van der Waals surface area contributed by atoms with Gasteiger partial charge in [-0.2, -0.15) is 0 Å². The van der Waals surface area contributed by atoms with Crippen molar-refractivity contribution in [1.82, 2.24) is 0 Å². The highest BCUT2D eigenvalue weighted by Gasteiger charge is 2.37. The summed E-state index contributed by atoms with van der Waals surface area (Å²) < 4.78 is 5.24. The molecule has 1 aliphatic heterocycles. The minimum absolute atomic E-state index is 0.0859. The van der Waals surface area contributed by atoms with Crippen LogP contribution in [0.3, 0.4) is 0 Å². The van der Waals surface area contributed by atoms with Crippen molar-refractivity contribution in [1.29, 1.82) is 0 Å². The lowest BCUT2D eigenvalue weighted by atomic mass is 10.0. The molecule has 164 valence electrons. The van der Waals surface area contributed by atoms with E-state index in [2.05, 4.69) is 19.2 Å². The van der Waals surface area contributed by atoms with Crippen LogP contribution in [-0.4, -0.2) is 30.9 Å². The molecule has 2 aromatic carbocycles. The number of hydrogen-bond donors (Lipinski definition) is 1. The van der Waals surface area contributed by atoms with Crippen molar-refractivity contribution in [2.24, 2.45) is 5.92 Å². The first-order valence-corrected chi connectivity index (χ1v) is 10.8. The molecule has 1 fully saturated rings. The number of benzene rings is 2. The molecule has 0 bridgehead atoms. The summed E-state index contributed by atoms with van der Waals surface area (Å²) in [5, 5.41) is 2.75.